The molecule has 0 heterocycles. The zero-order chi connectivity index (χ0) is 13.7. The van der Waals surface area contributed by atoms with Gasteiger partial charge in [0.2, 0.25) is 0 Å². The Kier molecular flexibility index (Phi) is 5.83. The van der Waals surface area contributed by atoms with Crippen LogP contribution in [0.15, 0.2) is 12.1 Å². The fourth-order valence-corrected chi connectivity index (χ4v) is 2.53. The van der Waals surface area contributed by atoms with E-state index in [0.717, 1.165) is 18.5 Å². The Hall–Kier alpha value is -0.860. The van der Waals surface area contributed by atoms with E-state index >= 15 is 0 Å². The van der Waals surface area contributed by atoms with Crippen molar-refractivity contribution in [3.63, 3.8) is 0 Å². The van der Waals surface area contributed by atoms with Crippen molar-refractivity contribution in [2.75, 3.05) is 6.54 Å². The summed E-state index contributed by atoms with van der Waals surface area (Å²) < 4.78 is 0. The summed E-state index contributed by atoms with van der Waals surface area (Å²) in [5.41, 5.74) is 4.71. The zero-order valence-corrected chi connectivity index (χ0v) is 12.4. The Bertz CT molecular complexity index is 364. The van der Waals surface area contributed by atoms with E-state index in [4.69, 9.17) is 0 Å². The lowest BCUT2D eigenvalue weighted by molar-refractivity contribution is 0.134. The van der Waals surface area contributed by atoms with E-state index in [2.05, 4.69) is 52.1 Å². The van der Waals surface area contributed by atoms with Crippen LogP contribution in [0.5, 0.6) is 0 Å². The Morgan fingerprint density at radius 1 is 1.17 bits per heavy atom. The normalized spacial score (nSPS) is 14.6. The van der Waals surface area contributed by atoms with Crippen LogP contribution in [0.2, 0.25) is 0 Å². The van der Waals surface area contributed by atoms with E-state index in [9.17, 15) is 5.11 Å². The molecule has 0 aliphatic heterocycles. The van der Waals surface area contributed by atoms with Gasteiger partial charge in [0, 0.05) is 6.04 Å². The molecule has 0 aliphatic rings. The minimum atomic E-state index is -0.428. The van der Waals surface area contributed by atoms with Gasteiger partial charge in [0.05, 0.1) is 6.10 Å². The summed E-state index contributed by atoms with van der Waals surface area (Å²) in [7, 11) is 0. The first-order valence-electron chi connectivity index (χ1n) is 6.96. The van der Waals surface area contributed by atoms with Crippen molar-refractivity contribution >= 4 is 0 Å². The average Bonchev–Trinajstić information content (AvgIpc) is 2.27. The van der Waals surface area contributed by atoms with Crippen molar-refractivity contribution in [1.82, 2.24) is 5.32 Å². The monoisotopic (exact) mass is 249 g/mol. The molecule has 1 aromatic carbocycles. The van der Waals surface area contributed by atoms with Gasteiger partial charge in [-0.25, -0.2) is 0 Å². The fourth-order valence-electron chi connectivity index (χ4n) is 2.53. The molecule has 102 valence electrons. The van der Waals surface area contributed by atoms with Crippen molar-refractivity contribution in [2.45, 2.75) is 59.6 Å². The lowest BCUT2D eigenvalue weighted by Crippen LogP contribution is -2.33. The first-order chi connectivity index (χ1) is 8.47. The maximum absolute atomic E-state index is 10.5. The molecule has 1 rings (SSSR count). The van der Waals surface area contributed by atoms with E-state index in [0.29, 0.717) is 0 Å². The molecule has 2 nitrogen and oxygen atoms in total. The number of hydrogen-bond acceptors (Lipinski definition) is 2. The number of aliphatic hydroxyl groups excluding tert-OH is 1. The second kappa shape index (κ2) is 6.91. The molecule has 0 amide bonds. The van der Waals surface area contributed by atoms with Gasteiger partial charge in [-0.1, -0.05) is 31.0 Å². The molecule has 18 heavy (non-hydrogen) atoms. The first-order valence-corrected chi connectivity index (χ1v) is 6.96. The maximum Gasteiger partial charge on any atom is 0.0945 e. The predicted molar refractivity (Wildman–Crippen MR) is 78.0 cm³/mol. The lowest BCUT2D eigenvalue weighted by atomic mass is 9.92. The molecule has 2 unspecified atom stereocenters. The van der Waals surface area contributed by atoms with Crippen LogP contribution in [0, 0.1) is 20.8 Å². The summed E-state index contributed by atoms with van der Waals surface area (Å²) in [5, 5.41) is 13.9. The predicted octanol–water partition coefficient (Wildman–Crippen LogP) is 3.42. The number of benzene rings is 1. The minimum absolute atomic E-state index is 0.0941. The lowest BCUT2D eigenvalue weighted by Gasteiger charge is -2.24. The molecule has 1 aromatic rings. The van der Waals surface area contributed by atoms with Gasteiger partial charge in [0.15, 0.2) is 0 Å². The summed E-state index contributed by atoms with van der Waals surface area (Å²) in [6.07, 6.45) is 1.91. The average molecular weight is 249 g/mol. The molecule has 2 heteroatoms. The zero-order valence-electron chi connectivity index (χ0n) is 12.4. The Balaban J connectivity index is 2.80. The third-order valence-electron chi connectivity index (χ3n) is 3.50. The molecule has 0 spiro atoms. The molecular weight excluding hydrogens is 222 g/mol. The van der Waals surface area contributed by atoms with Crippen molar-refractivity contribution in [2.24, 2.45) is 0 Å². The smallest absolute Gasteiger partial charge is 0.0945 e. The summed E-state index contributed by atoms with van der Waals surface area (Å²) in [5.74, 6) is 0. The number of aryl methyl sites for hydroxylation is 3. The molecule has 0 aromatic heterocycles. The van der Waals surface area contributed by atoms with Gasteiger partial charge >= 0.3 is 0 Å². The molecule has 0 radical (unpaired) electrons. The van der Waals surface area contributed by atoms with Gasteiger partial charge < -0.3 is 10.4 Å². The third-order valence-corrected chi connectivity index (χ3v) is 3.50. The quantitative estimate of drug-likeness (QED) is 0.757. The summed E-state index contributed by atoms with van der Waals surface area (Å²) in [6.45, 7) is 11.5. The van der Waals surface area contributed by atoms with E-state index in [1.165, 1.54) is 23.1 Å². The fraction of sp³-hybridized carbons (Fsp3) is 0.625. The Labute approximate surface area is 111 Å². The summed E-state index contributed by atoms with van der Waals surface area (Å²) >= 11 is 0. The third kappa shape index (κ3) is 3.82. The Morgan fingerprint density at radius 2 is 1.72 bits per heavy atom. The van der Waals surface area contributed by atoms with Gasteiger partial charge in [0.25, 0.3) is 0 Å². The van der Waals surface area contributed by atoms with Gasteiger partial charge in [0.1, 0.15) is 0 Å². The number of unbranched alkanes of at least 4 members (excludes halogenated alkanes) is 1. The van der Waals surface area contributed by atoms with Crippen molar-refractivity contribution < 1.29 is 5.11 Å². The largest absolute Gasteiger partial charge is 0.387 e. The van der Waals surface area contributed by atoms with Crippen LogP contribution in [0.25, 0.3) is 0 Å². The summed E-state index contributed by atoms with van der Waals surface area (Å²) in [4.78, 5) is 0. The highest BCUT2D eigenvalue weighted by Gasteiger charge is 2.19. The molecule has 0 bridgehead atoms. The van der Waals surface area contributed by atoms with E-state index in [-0.39, 0.29) is 6.04 Å². The minimum Gasteiger partial charge on any atom is -0.387 e. The van der Waals surface area contributed by atoms with Crippen LogP contribution < -0.4 is 5.32 Å². The summed E-state index contributed by atoms with van der Waals surface area (Å²) in [6, 6.07) is 4.38. The highest BCUT2D eigenvalue weighted by Crippen LogP contribution is 2.25. The number of nitrogens with one attached hydrogen (secondary N) is 1. The number of hydrogen-bond donors (Lipinski definition) is 2. The second-order valence-corrected chi connectivity index (χ2v) is 5.35. The van der Waals surface area contributed by atoms with Gasteiger partial charge in [-0.15, -0.1) is 0 Å². The van der Waals surface area contributed by atoms with Crippen LogP contribution in [-0.4, -0.2) is 17.7 Å². The van der Waals surface area contributed by atoms with Crippen molar-refractivity contribution in [1.29, 1.82) is 0 Å². The molecule has 0 saturated heterocycles. The molecule has 0 saturated carbocycles. The van der Waals surface area contributed by atoms with E-state index in [1.54, 1.807) is 0 Å². The van der Waals surface area contributed by atoms with Gasteiger partial charge in [-0.2, -0.15) is 0 Å². The number of rotatable bonds is 6. The van der Waals surface area contributed by atoms with Crippen molar-refractivity contribution in [3.8, 4) is 0 Å². The van der Waals surface area contributed by atoms with Crippen LogP contribution >= 0.6 is 0 Å². The van der Waals surface area contributed by atoms with Crippen molar-refractivity contribution in [3.05, 3.63) is 34.4 Å². The topological polar surface area (TPSA) is 32.3 Å². The van der Waals surface area contributed by atoms with Crippen LogP contribution in [0.1, 0.15) is 55.0 Å². The van der Waals surface area contributed by atoms with E-state index in [1.807, 2.05) is 0 Å². The van der Waals surface area contributed by atoms with Crippen LogP contribution in [-0.2, 0) is 0 Å². The molecule has 0 aliphatic carbocycles. The van der Waals surface area contributed by atoms with Crippen LogP contribution in [0.3, 0.4) is 0 Å². The maximum atomic E-state index is 10.5. The highest BCUT2D eigenvalue weighted by atomic mass is 16.3. The second-order valence-electron chi connectivity index (χ2n) is 5.35. The SMILES string of the molecule is CCCCNC(C)C(O)c1c(C)cc(C)cc1C. The first kappa shape index (κ1) is 15.2. The number of aliphatic hydroxyl groups is 1. The molecule has 0 fully saturated rings. The highest BCUT2D eigenvalue weighted by molar-refractivity contribution is 5.39. The van der Waals surface area contributed by atoms with Gasteiger partial charge in [-0.3, -0.25) is 0 Å². The van der Waals surface area contributed by atoms with Gasteiger partial charge in [-0.05, 0) is 57.4 Å². The van der Waals surface area contributed by atoms with Crippen LogP contribution in [0.4, 0.5) is 0 Å². The Morgan fingerprint density at radius 3 is 2.22 bits per heavy atom. The standard InChI is InChI=1S/C16H27NO/c1-6-7-8-17-14(5)16(18)15-12(3)9-11(2)10-13(15)4/h9-10,14,16-18H,6-8H2,1-5H3. The molecule has 2 atom stereocenters. The molecular formula is C16H27NO. The molecule has 2 N–H and O–H groups in total. The van der Waals surface area contributed by atoms with E-state index < -0.39 is 6.10 Å².